The van der Waals surface area contributed by atoms with E-state index in [-0.39, 0.29) is 18.7 Å². The standard InChI is InChI=1S/C22H22F3N3O6S/c1-20-14-15-19(28(18(14)30)11-3-2-10(9-26)13(8-11)22(23,24)25)33-7-6-21(15,34-20)16(17(20)29)27-35(31,32)12-4-5-12/h2-3,8,12,14-17,19,27,29H,4-7H2,1H3/t14-,15+,16-,17-,19+,20+,21-/m1/s1. The summed E-state index contributed by atoms with van der Waals surface area (Å²) in [4.78, 5) is 14.8. The van der Waals surface area contributed by atoms with E-state index in [1.807, 2.05) is 0 Å². The summed E-state index contributed by atoms with van der Waals surface area (Å²) in [5, 5.41) is 19.8. The van der Waals surface area contributed by atoms with Gasteiger partial charge in [-0.3, -0.25) is 9.69 Å². The van der Waals surface area contributed by atoms with Gasteiger partial charge in [0.05, 0.1) is 46.6 Å². The van der Waals surface area contributed by atoms with Crippen LogP contribution in [0.1, 0.15) is 37.3 Å². The van der Waals surface area contributed by atoms with Gasteiger partial charge in [0.25, 0.3) is 0 Å². The summed E-state index contributed by atoms with van der Waals surface area (Å²) < 4.78 is 81.1. The molecule has 6 rings (SSSR count). The lowest BCUT2D eigenvalue weighted by Gasteiger charge is -2.46. The van der Waals surface area contributed by atoms with Crippen LogP contribution in [0.25, 0.3) is 0 Å². The van der Waals surface area contributed by atoms with E-state index in [2.05, 4.69) is 4.72 Å². The van der Waals surface area contributed by atoms with Crippen LogP contribution in [0.2, 0.25) is 0 Å². The van der Waals surface area contributed by atoms with Gasteiger partial charge in [0, 0.05) is 18.0 Å². The number of sulfonamides is 1. The Bertz CT molecular complexity index is 1280. The molecule has 35 heavy (non-hydrogen) atoms. The zero-order valence-corrected chi connectivity index (χ0v) is 19.3. The number of aliphatic hydroxyl groups excluding tert-OH is 1. The summed E-state index contributed by atoms with van der Waals surface area (Å²) in [6.45, 7) is 1.58. The molecule has 1 spiro atoms. The number of amides is 1. The number of anilines is 1. The molecule has 5 aliphatic rings. The normalized spacial score (nSPS) is 40.2. The van der Waals surface area contributed by atoms with Gasteiger partial charge in [0.15, 0.2) is 0 Å². The molecule has 1 aromatic rings. The summed E-state index contributed by atoms with van der Waals surface area (Å²) in [5.74, 6) is -2.24. The molecule has 0 unspecified atom stereocenters. The van der Waals surface area contributed by atoms with Crippen LogP contribution in [-0.2, 0) is 30.5 Å². The molecular formula is C22H22F3N3O6S. The number of benzene rings is 1. The first-order chi connectivity index (χ1) is 16.3. The van der Waals surface area contributed by atoms with Gasteiger partial charge in [0.2, 0.25) is 15.9 Å². The molecule has 0 radical (unpaired) electrons. The van der Waals surface area contributed by atoms with Gasteiger partial charge in [0.1, 0.15) is 17.9 Å². The van der Waals surface area contributed by atoms with Gasteiger partial charge in [-0.25, -0.2) is 13.1 Å². The fourth-order valence-corrected chi connectivity index (χ4v) is 8.16. The molecule has 1 aromatic carbocycles. The molecule has 4 aliphatic heterocycles. The van der Waals surface area contributed by atoms with Crippen LogP contribution >= 0.6 is 0 Å². The molecule has 0 aromatic heterocycles. The maximum atomic E-state index is 13.7. The number of nitrogens with one attached hydrogen (secondary N) is 1. The van der Waals surface area contributed by atoms with Crippen molar-refractivity contribution < 1.29 is 41.0 Å². The Hall–Kier alpha value is -2.24. The van der Waals surface area contributed by atoms with Crippen molar-refractivity contribution >= 4 is 21.6 Å². The van der Waals surface area contributed by atoms with E-state index in [1.165, 1.54) is 19.1 Å². The van der Waals surface area contributed by atoms with Gasteiger partial charge < -0.3 is 14.6 Å². The Kier molecular flexibility index (Phi) is 4.60. The van der Waals surface area contributed by atoms with Gasteiger partial charge in [-0.15, -0.1) is 0 Å². The minimum atomic E-state index is -4.81. The highest BCUT2D eigenvalue weighted by molar-refractivity contribution is 7.90. The molecule has 4 saturated heterocycles. The van der Waals surface area contributed by atoms with Crippen LogP contribution in [0.3, 0.4) is 0 Å². The number of hydrogen-bond acceptors (Lipinski definition) is 7. The summed E-state index contributed by atoms with van der Waals surface area (Å²) in [6, 6.07) is 3.50. The monoisotopic (exact) mass is 513 g/mol. The SMILES string of the molecule is C[C@]12O[C@@]3(CCO[C@H]4[C@@H]3[C@@H]1C(=O)N4c1ccc(C#N)c(C(F)(F)F)c1)[C@H](NS(=O)(=O)C1CC1)[C@H]2O. The third-order valence-corrected chi connectivity index (χ3v) is 10.1. The van der Waals surface area contributed by atoms with Crippen molar-refractivity contribution in [1.29, 1.82) is 5.26 Å². The molecular weight excluding hydrogens is 491 g/mol. The fraction of sp³-hybridized carbons (Fsp3) is 0.636. The Labute approximate surface area is 198 Å². The number of rotatable bonds is 4. The lowest BCUT2D eigenvalue weighted by molar-refractivity contribution is -0.145. The molecule has 188 valence electrons. The molecule has 13 heteroatoms. The van der Waals surface area contributed by atoms with E-state index in [0.717, 1.165) is 17.0 Å². The second-order valence-corrected chi connectivity index (χ2v) is 12.1. The molecule has 9 nitrogen and oxygen atoms in total. The number of alkyl halides is 3. The molecule has 4 heterocycles. The van der Waals surface area contributed by atoms with Gasteiger partial charge >= 0.3 is 6.18 Å². The van der Waals surface area contributed by atoms with Crippen LogP contribution in [0.4, 0.5) is 18.9 Å². The van der Waals surface area contributed by atoms with Crippen LogP contribution < -0.4 is 9.62 Å². The van der Waals surface area contributed by atoms with E-state index in [4.69, 9.17) is 14.7 Å². The third kappa shape index (κ3) is 2.94. The van der Waals surface area contributed by atoms with E-state index < -0.39 is 79.9 Å². The fourth-order valence-electron chi connectivity index (χ4n) is 6.53. The van der Waals surface area contributed by atoms with E-state index >= 15 is 0 Å². The number of ether oxygens (including phenoxy) is 2. The van der Waals surface area contributed by atoms with Crippen molar-refractivity contribution in [1.82, 2.24) is 4.72 Å². The van der Waals surface area contributed by atoms with Crippen LogP contribution in [0, 0.1) is 23.2 Å². The molecule has 1 aliphatic carbocycles. The van der Waals surface area contributed by atoms with Crippen molar-refractivity contribution in [3.8, 4) is 6.07 Å². The number of hydrogen-bond donors (Lipinski definition) is 2. The van der Waals surface area contributed by atoms with Crippen molar-refractivity contribution in [3.05, 3.63) is 29.3 Å². The Balaban J connectivity index is 1.43. The first-order valence-electron chi connectivity index (χ1n) is 11.3. The van der Waals surface area contributed by atoms with E-state index in [9.17, 15) is 31.5 Å². The average molecular weight is 513 g/mol. The first kappa shape index (κ1) is 23.2. The zero-order chi connectivity index (χ0) is 25.1. The number of nitriles is 1. The van der Waals surface area contributed by atoms with Crippen molar-refractivity contribution in [3.63, 3.8) is 0 Å². The quantitative estimate of drug-likeness (QED) is 0.620. The maximum absolute atomic E-state index is 13.7. The molecule has 2 bridgehead atoms. The molecule has 2 N–H and O–H groups in total. The van der Waals surface area contributed by atoms with Crippen LogP contribution in [0.5, 0.6) is 0 Å². The molecule has 1 saturated carbocycles. The molecule has 1 amide bonds. The van der Waals surface area contributed by atoms with Crippen molar-refractivity contribution in [2.75, 3.05) is 11.5 Å². The highest BCUT2D eigenvalue weighted by atomic mass is 32.2. The van der Waals surface area contributed by atoms with E-state index in [0.29, 0.717) is 12.8 Å². The number of fused-ring (bicyclic) bond motifs is 2. The Morgan fingerprint density at radius 1 is 1.31 bits per heavy atom. The highest BCUT2D eigenvalue weighted by Crippen LogP contribution is 2.65. The van der Waals surface area contributed by atoms with E-state index in [1.54, 1.807) is 0 Å². The molecule has 7 atom stereocenters. The third-order valence-electron chi connectivity index (χ3n) is 8.19. The summed E-state index contributed by atoms with van der Waals surface area (Å²) >= 11 is 0. The number of halogens is 3. The number of aliphatic hydroxyl groups is 1. The largest absolute Gasteiger partial charge is 0.417 e. The Morgan fingerprint density at radius 3 is 2.66 bits per heavy atom. The maximum Gasteiger partial charge on any atom is 0.417 e. The Morgan fingerprint density at radius 2 is 2.03 bits per heavy atom. The molecule has 5 fully saturated rings. The smallest absolute Gasteiger partial charge is 0.388 e. The summed E-state index contributed by atoms with van der Waals surface area (Å²) in [7, 11) is -3.72. The second-order valence-electron chi connectivity index (χ2n) is 10.1. The minimum Gasteiger partial charge on any atom is -0.388 e. The highest BCUT2D eigenvalue weighted by Gasteiger charge is 2.81. The van der Waals surface area contributed by atoms with Gasteiger partial charge in [-0.1, -0.05) is 0 Å². The lowest BCUT2D eigenvalue weighted by Crippen LogP contribution is -2.66. The number of carbonyl (C=O) groups excluding carboxylic acids is 1. The summed E-state index contributed by atoms with van der Waals surface area (Å²) in [5.41, 5.74) is -4.56. The topological polar surface area (TPSA) is 129 Å². The van der Waals surface area contributed by atoms with Gasteiger partial charge in [-0.05, 0) is 38.0 Å². The zero-order valence-electron chi connectivity index (χ0n) is 18.4. The number of nitrogens with zero attached hydrogens (tertiary/aromatic N) is 2. The average Bonchev–Trinajstić information content (AvgIpc) is 3.51. The minimum absolute atomic E-state index is 0.0462. The van der Waals surface area contributed by atoms with Crippen molar-refractivity contribution in [2.45, 2.75) is 67.2 Å². The van der Waals surface area contributed by atoms with Gasteiger partial charge in [-0.2, -0.15) is 18.4 Å². The predicted molar refractivity (Wildman–Crippen MR) is 112 cm³/mol. The predicted octanol–water partition coefficient (Wildman–Crippen LogP) is 1.26. The first-order valence-corrected chi connectivity index (χ1v) is 12.9. The van der Waals surface area contributed by atoms with Crippen LogP contribution in [-0.4, -0.2) is 60.9 Å². The summed E-state index contributed by atoms with van der Waals surface area (Å²) in [6.07, 6.45) is -5.92. The van der Waals surface area contributed by atoms with Crippen molar-refractivity contribution in [2.24, 2.45) is 11.8 Å². The number of carbonyl (C=O) groups is 1. The lowest BCUT2D eigenvalue weighted by atomic mass is 9.63. The van der Waals surface area contributed by atoms with Crippen LogP contribution in [0.15, 0.2) is 18.2 Å². The second kappa shape index (κ2) is 6.95.